The molecule has 0 amide bonds. The normalized spacial score (nSPS) is 15.4. The summed E-state index contributed by atoms with van der Waals surface area (Å²) >= 11 is 0. The first-order valence-electron chi connectivity index (χ1n) is 8.60. The molecular formula is C17H26ClFN6. The van der Waals surface area contributed by atoms with E-state index in [1.54, 1.807) is 6.07 Å². The van der Waals surface area contributed by atoms with E-state index in [4.69, 9.17) is 0 Å². The van der Waals surface area contributed by atoms with Crippen molar-refractivity contribution in [2.24, 2.45) is 5.92 Å². The summed E-state index contributed by atoms with van der Waals surface area (Å²) in [6, 6.07) is 6.97. The molecule has 1 aliphatic rings. The topological polar surface area (TPSA) is 50.1 Å². The molecular weight excluding hydrogens is 343 g/mol. The Balaban J connectivity index is 0.00000225. The van der Waals surface area contributed by atoms with Gasteiger partial charge in [0.25, 0.3) is 0 Å². The first kappa shape index (κ1) is 19.6. The summed E-state index contributed by atoms with van der Waals surface area (Å²) in [7, 11) is 0. The molecule has 0 saturated carbocycles. The van der Waals surface area contributed by atoms with Gasteiger partial charge >= 0.3 is 0 Å². The number of halogens is 2. The Hall–Kier alpha value is -1.73. The van der Waals surface area contributed by atoms with Crippen molar-refractivity contribution in [3.05, 3.63) is 35.9 Å². The van der Waals surface area contributed by atoms with Crippen molar-refractivity contribution in [1.82, 2.24) is 25.1 Å². The molecule has 0 radical (unpaired) electrons. The van der Waals surface area contributed by atoms with E-state index >= 15 is 0 Å². The van der Waals surface area contributed by atoms with Crippen LogP contribution in [0.2, 0.25) is 0 Å². The van der Waals surface area contributed by atoms with Gasteiger partial charge in [-0.1, -0.05) is 26.0 Å². The minimum Gasteiger partial charge on any atom is -0.367 e. The van der Waals surface area contributed by atoms with Crippen molar-refractivity contribution in [3.8, 4) is 0 Å². The van der Waals surface area contributed by atoms with Gasteiger partial charge in [0.05, 0.1) is 12.2 Å². The van der Waals surface area contributed by atoms with Gasteiger partial charge in [-0.3, -0.25) is 4.90 Å². The standard InChI is InChI=1S/C17H25FN6.ClH/c1-14(2)7-8-24-17(19-20-21-24)13-22-9-11-23(12-10-22)16-6-4-3-5-15(16)18;/h3-6,14H,7-13H2,1-2H3;1H. The third-order valence-corrected chi connectivity index (χ3v) is 4.45. The second-order valence-corrected chi connectivity index (χ2v) is 6.72. The van der Waals surface area contributed by atoms with Crippen molar-refractivity contribution in [3.63, 3.8) is 0 Å². The smallest absolute Gasteiger partial charge is 0.165 e. The Morgan fingerprint density at radius 1 is 1.12 bits per heavy atom. The number of nitrogens with zero attached hydrogens (tertiary/aromatic N) is 6. The highest BCUT2D eigenvalue weighted by molar-refractivity contribution is 5.85. The summed E-state index contributed by atoms with van der Waals surface area (Å²) in [5.74, 6) is 1.39. The number of para-hydroxylation sites is 1. The first-order valence-corrected chi connectivity index (χ1v) is 8.60. The molecule has 1 aromatic carbocycles. The maximum Gasteiger partial charge on any atom is 0.165 e. The Bertz CT molecular complexity index is 654. The van der Waals surface area contributed by atoms with Gasteiger partial charge in [0.2, 0.25) is 0 Å². The lowest BCUT2D eigenvalue weighted by atomic mass is 10.1. The molecule has 25 heavy (non-hydrogen) atoms. The first-order chi connectivity index (χ1) is 11.6. The molecule has 3 rings (SSSR count). The van der Waals surface area contributed by atoms with Gasteiger partial charge in [0.1, 0.15) is 5.82 Å². The number of aromatic nitrogens is 4. The van der Waals surface area contributed by atoms with Gasteiger partial charge in [-0.15, -0.1) is 17.5 Å². The zero-order chi connectivity index (χ0) is 16.9. The van der Waals surface area contributed by atoms with Crippen LogP contribution in [0.5, 0.6) is 0 Å². The highest BCUT2D eigenvalue weighted by Crippen LogP contribution is 2.20. The Morgan fingerprint density at radius 3 is 2.52 bits per heavy atom. The number of anilines is 1. The molecule has 138 valence electrons. The minimum atomic E-state index is -0.149. The van der Waals surface area contributed by atoms with Gasteiger partial charge in [0, 0.05) is 32.7 Å². The maximum atomic E-state index is 13.9. The SMILES string of the molecule is CC(C)CCn1nnnc1CN1CCN(c2ccccc2F)CC1.Cl. The van der Waals surface area contributed by atoms with Crippen molar-refractivity contribution in [2.75, 3.05) is 31.1 Å². The second kappa shape index (κ2) is 9.10. The number of aryl methyl sites for hydroxylation is 1. The molecule has 1 saturated heterocycles. The predicted octanol–water partition coefficient (Wildman–Crippen LogP) is 2.60. The van der Waals surface area contributed by atoms with E-state index in [2.05, 4.69) is 39.2 Å². The summed E-state index contributed by atoms with van der Waals surface area (Å²) in [5.41, 5.74) is 0.693. The van der Waals surface area contributed by atoms with Gasteiger partial charge in [-0.25, -0.2) is 9.07 Å². The van der Waals surface area contributed by atoms with E-state index in [0.29, 0.717) is 11.6 Å². The van der Waals surface area contributed by atoms with Crippen LogP contribution in [0.3, 0.4) is 0 Å². The summed E-state index contributed by atoms with van der Waals surface area (Å²) in [4.78, 5) is 4.43. The van der Waals surface area contributed by atoms with Crippen LogP contribution in [0.25, 0.3) is 0 Å². The second-order valence-electron chi connectivity index (χ2n) is 6.72. The lowest BCUT2D eigenvalue weighted by Gasteiger charge is -2.35. The van der Waals surface area contributed by atoms with Gasteiger partial charge in [0.15, 0.2) is 5.82 Å². The predicted molar refractivity (Wildman–Crippen MR) is 98.4 cm³/mol. The molecule has 1 aromatic heterocycles. The van der Waals surface area contributed by atoms with Crippen LogP contribution in [-0.4, -0.2) is 51.3 Å². The lowest BCUT2D eigenvalue weighted by molar-refractivity contribution is 0.238. The Morgan fingerprint density at radius 2 is 1.84 bits per heavy atom. The molecule has 0 spiro atoms. The number of rotatable bonds is 6. The molecule has 1 aliphatic heterocycles. The third-order valence-electron chi connectivity index (χ3n) is 4.45. The number of benzene rings is 1. The fraction of sp³-hybridized carbons (Fsp3) is 0.588. The van der Waals surface area contributed by atoms with E-state index in [0.717, 1.165) is 51.5 Å². The molecule has 0 unspecified atom stereocenters. The molecule has 6 nitrogen and oxygen atoms in total. The maximum absolute atomic E-state index is 13.9. The molecule has 1 fully saturated rings. The average Bonchev–Trinajstić information content (AvgIpc) is 3.01. The van der Waals surface area contributed by atoms with Crippen molar-refractivity contribution in [2.45, 2.75) is 33.4 Å². The minimum absolute atomic E-state index is 0. The van der Waals surface area contributed by atoms with Gasteiger partial charge < -0.3 is 4.90 Å². The molecule has 0 bridgehead atoms. The van der Waals surface area contributed by atoms with Crippen molar-refractivity contribution in [1.29, 1.82) is 0 Å². The van der Waals surface area contributed by atoms with Crippen LogP contribution in [-0.2, 0) is 13.1 Å². The largest absolute Gasteiger partial charge is 0.367 e. The number of hydrogen-bond acceptors (Lipinski definition) is 5. The molecule has 8 heteroatoms. The number of hydrogen-bond donors (Lipinski definition) is 0. The highest BCUT2D eigenvalue weighted by atomic mass is 35.5. The summed E-state index contributed by atoms with van der Waals surface area (Å²) in [6.45, 7) is 9.39. The molecule has 0 atom stereocenters. The molecule has 0 N–H and O–H groups in total. The van der Waals surface area contributed by atoms with E-state index in [1.807, 2.05) is 16.8 Å². The third kappa shape index (κ3) is 5.12. The van der Waals surface area contributed by atoms with Crippen LogP contribution in [0.4, 0.5) is 10.1 Å². The van der Waals surface area contributed by atoms with Crippen molar-refractivity contribution < 1.29 is 4.39 Å². The average molecular weight is 369 g/mol. The highest BCUT2D eigenvalue weighted by Gasteiger charge is 2.21. The fourth-order valence-corrected chi connectivity index (χ4v) is 2.95. The summed E-state index contributed by atoms with van der Waals surface area (Å²) in [5, 5.41) is 12.1. The van der Waals surface area contributed by atoms with Crippen LogP contribution in [0.15, 0.2) is 24.3 Å². The van der Waals surface area contributed by atoms with E-state index in [1.165, 1.54) is 6.07 Å². The summed E-state index contributed by atoms with van der Waals surface area (Å²) in [6.07, 6.45) is 1.07. The zero-order valence-corrected chi connectivity index (χ0v) is 15.6. The van der Waals surface area contributed by atoms with E-state index in [9.17, 15) is 4.39 Å². The Labute approximate surface area is 154 Å². The number of tetrazole rings is 1. The van der Waals surface area contributed by atoms with Crippen LogP contribution >= 0.6 is 12.4 Å². The fourth-order valence-electron chi connectivity index (χ4n) is 2.95. The lowest BCUT2D eigenvalue weighted by Crippen LogP contribution is -2.46. The summed E-state index contributed by atoms with van der Waals surface area (Å²) < 4.78 is 15.8. The quantitative estimate of drug-likeness (QED) is 0.784. The van der Waals surface area contributed by atoms with E-state index in [-0.39, 0.29) is 18.2 Å². The molecule has 2 heterocycles. The molecule has 0 aliphatic carbocycles. The molecule has 2 aromatic rings. The van der Waals surface area contributed by atoms with Crippen LogP contribution in [0, 0.1) is 11.7 Å². The van der Waals surface area contributed by atoms with Gasteiger partial charge in [-0.2, -0.15) is 0 Å². The van der Waals surface area contributed by atoms with Crippen LogP contribution < -0.4 is 4.90 Å². The monoisotopic (exact) mass is 368 g/mol. The number of piperazine rings is 1. The van der Waals surface area contributed by atoms with Gasteiger partial charge in [-0.05, 0) is 34.9 Å². The van der Waals surface area contributed by atoms with Crippen LogP contribution in [0.1, 0.15) is 26.1 Å². The van der Waals surface area contributed by atoms with E-state index < -0.39 is 0 Å². The van der Waals surface area contributed by atoms with Crippen molar-refractivity contribution >= 4 is 18.1 Å². The zero-order valence-electron chi connectivity index (χ0n) is 14.8. The Kier molecular flexibility index (Phi) is 7.13.